The molecule has 3 amide bonds. The van der Waals surface area contributed by atoms with E-state index in [1.165, 1.54) is 6.66 Å². The lowest BCUT2D eigenvalue weighted by atomic mass is 10.0. The Morgan fingerprint density at radius 1 is 0.860 bits per heavy atom. The SMILES string of the molecule is CP(=O)(O)OCCCCCCNC(=O)CCSSCCC(=O)NCCC(=O)N1Cc2ccccc2C#Cc2ccccc21. The van der Waals surface area contributed by atoms with Crippen molar-refractivity contribution in [3.63, 3.8) is 0 Å². The van der Waals surface area contributed by atoms with Crippen molar-refractivity contribution in [1.29, 1.82) is 0 Å². The second-order valence-corrected chi connectivity index (χ2v) is 14.6. The van der Waals surface area contributed by atoms with E-state index >= 15 is 0 Å². The van der Waals surface area contributed by atoms with Crippen LogP contribution >= 0.6 is 29.2 Å². The van der Waals surface area contributed by atoms with E-state index in [1.54, 1.807) is 26.5 Å². The number of fused-ring (bicyclic) bond motifs is 2. The van der Waals surface area contributed by atoms with Crippen molar-refractivity contribution >= 4 is 52.6 Å². The van der Waals surface area contributed by atoms with Gasteiger partial charge in [0.25, 0.3) is 0 Å². The first-order valence-corrected chi connectivity index (χ1v) is 19.0. The standard InChI is InChI=1S/C31H40N3O6PS2/c1-41(38,39)40-21-9-3-2-8-19-32-29(35)17-22-42-43-23-18-30(36)33-20-16-31(37)34-24-27-12-5-4-10-25(27)14-15-26-11-6-7-13-28(26)34/h4-7,10-13H,2-3,8-9,16-24H2,1H3,(H,32,35)(H,33,36)(H,38,39). The fourth-order valence-corrected chi connectivity index (χ4v) is 6.71. The normalized spacial score (nSPS) is 13.3. The second-order valence-electron chi connectivity index (χ2n) is 10.0. The Morgan fingerprint density at radius 3 is 2.19 bits per heavy atom. The molecule has 2 aromatic rings. The highest BCUT2D eigenvalue weighted by Gasteiger charge is 2.21. The van der Waals surface area contributed by atoms with Crippen LogP contribution in [0.1, 0.15) is 61.6 Å². The lowest BCUT2D eigenvalue weighted by molar-refractivity contribution is -0.122. The molecule has 1 heterocycles. The third kappa shape index (κ3) is 13.6. The van der Waals surface area contributed by atoms with Crippen molar-refractivity contribution in [3.05, 3.63) is 65.2 Å². The topological polar surface area (TPSA) is 125 Å². The Morgan fingerprint density at radius 2 is 1.47 bits per heavy atom. The Labute approximate surface area is 262 Å². The van der Waals surface area contributed by atoms with Gasteiger partial charge in [-0.15, -0.1) is 0 Å². The molecule has 0 fully saturated rings. The molecule has 1 atom stereocenters. The number of carbonyl (C=O) groups is 3. The summed E-state index contributed by atoms with van der Waals surface area (Å²) in [6.45, 7) is 2.74. The fraction of sp³-hybridized carbons (Fsp3) is 0.452. The van der Waals surface area contributed by atoms with Crippen LogP contribution in [0.4, 0.5) is 5.69 Å². The highest BCUT2D eigenvalue weighted by molar-refractivity contribution is 8.76. The van der Waals surface area contributed by atoms with Crippen LogP contribution in [0.25, 0.3) is 0 Å². The number of rotatable bonds is 18. The smallest absolute Gasteiger partial charge is 0.325 e. The highest BCUT2D eigenvalue weighted by atomic mass is 33.1. The molecule has 2 aromatic carbocycles. The molecule has 0 radical (unpaired) electrons. The van der Waals surface area contributed by atoms with Gasteiger partial charge in [0.05, 0.1) is 18.8 Å². The van der Waals surface area contributed by atoms with E-state index in [-0.39, 0.29) is 37.3 Å². The van der Waals surface area contributed by atoms with Crippen LogP contribution in [-0.4, -0.2) is 60.5 Å². The number of hydrogen-bond acceptors (Lipinski definition) is 7. The summed E-state index contributed by atoms with van der Waals surface area (Å²) in [6.07, 6.45) is 4.31. The number of anilines is 1. The van der Waals surface area contributed by atoms with Crippen molar-refractivity contribution in [2.45, 2.75) is 51.5 Å². The fourth-order valence-electron chi connectivity index (χ4n) is 4.26. The quantitative estimate of drug-likeness (QED) is 0.0885. The average molecular weight is 646 g/mol. The largest absolute Gasteiger partial charge is 0.356 e. The van der Waals surface area contributed by atoms with Crippen LogP contribution in [0.5, 0.6) is 0 Å². The summed E-state index contributed by atoms with van der Waals surface area (Å²) in [6, 6.07) is 15.4. The van der Waals surface area contributed by atoms with Crippen LogP contribution < -0.4 is 15.5 Å². The van der Waals surface area contributed by atoms with E-state index < -0.39 is 7.60 Å². The number of amides is 3. The summed E-state index contributed by atoms with van der Waals surface area (Å²) >= 11 is 0. The Balaban J connectivity index is 1.24. The number of nitrogens with one attached hydrogen (secondary N) is 2. The summed E-state index contributed by atoms with van der Waals surface area (Å²) in [5.41, 5.74) is 3.47. The number of hydrogen-bond donors (Lipinski definition) is 3. The molecule has 0 saturated carbocycles. The van der Waals surface area contributed by atoms with Gasteiger partial charge >= 0.3 is 7.60 Å². The second kappa shape index (κ2) is 18.8. The predicted molar refractivity (Wildman–Crippen MR) is 175 cm³/mol. The Hall–Kier alpha value is -2.74. The van der Waals surface area contributed by atoms with Gasteiger partial charge in [-0.25, -0.2) is 0 Å². The van der Waals surface area contributed by atoms with Crippen LogP contribution in [0.15, 0.2) is 48.5 Å². The van der Waals surface area contributed by atoms with Gasteiger partial charge in [0.2, 0.25) is 17.7 Å². The molecule has 232 valence electrons. The molecule has 1 unspecified atom stereocenters. The number of benzene rings is 2. The van der Waals surface area contributed by atoms with Gasteiger partial charge in [0, 0.05) is 61.6 Å². The number of carbonyl (C=O) groups excluding carboxylic acids is 3. The first-order chi connectivity index (χ1) is 20.7. The number of unbranched alkanes of at least 4 members (excludes halogenated alkanes) is 3. The van der Waals surface area contributed by atoms with Gasteiger partial charge in [-0.1, -0.05) is 76.6 Å². The minimum atomic E-state index is -3.39. The maximum atomic E-state index is 13.2. The molecular weight excluding hydrogens is 605 g/mol. The van der Waals surface area contributed by atoms with E-state index in [0.29, 0.717) is 37.4 Å². The van der Waals surface area contributed by atoms with E-state index in [2.05, 4.69) is 22.5 Å². The molecule has 0 saturated heterocycles. The zero-order chi connectivity index (χ0) is 30.9. The van der Waals surface area contributed by atoms with Crippen molar-refractivity contribution in [1.82, 2.24) is 10.6 Å². The first kappa shape index (κ1) is 34.7. The van der Waals surface area contributed by atoms with E-state index in [0.717, 1.165) is 48.1 Å². The summed E-state index contributed by atoms with van der Waals surface area (Å²) in [4.78, 5) is 48.3. The first-order valence-electron chi connectivity index (χ1n) is 14.4. The monoisotopic (exact) mass is 645 g/mol. The maximum Gasteiger partial charge on any atom is 0.325 e. The van der Waals surface area contributed by atoms with Crippen molar-refractivity contribution in [2.75, 3.05) is 42.8 Å². The molecule has 0 aromatic heterocycles. The highest BCUT2D eigenvalue weighted by Crippen LogP contribution is 2.36. The van der Waals surface area contributed by atoms with Crippen molar-refractivity contribution < 1.29 is 28.4 Å². The third-order valence-corrected chi connectivity index (χ3v) is 9.54. The minimum Gasteiger partial charge on any atom is -0.356 e. The molecule has 12 heteroatoms. The average Bonchev–Trinajstić information content (AvgIpc) is 2.96. The molecule has 3 rings (SSSR count). The van der Waals surface area contributed by atoms with Gasteiger partial charge in [-0.05, 0) is 36.6 Å². The molecule has 1 aliphatic heterocycles. The molecule has 9 nitrogen and oxygen atoms in total. The maximum absolute atomic E-state index is 13.2. The summed E-state index contributed by atoms with van der Waals surface area (Å²) < 4.78 is 15.9. The van der Waals surface area contributed by atoms with Crippen LogP contribution in [0.3, 0.4) is 0 Å². The van der Waals surface area contributed by atoms with Gasteiger partial charge < -0.3 is 25.0 Å². The van der Waals surface area contributed by atoms with Crippen molar-refractivity contribution in [3.8, 4) is 11.8 Å². The van der Waals surface area contributed by atoms with E-state index in [4.69, 9.17) is 9.42 Å². The van der Waals surface area contributed by atoms with Gasteiger partial charge in [-0.2, -0.15) is 0 Å². The molecule has 0 bridgehead atoms. The molecule has 0 aliphatic carbocycles. The molecule has 1 aliphatic rings. The number of nitrogens with zero attached hydrogens (tertiary/aromatic N) is 1. The van der Waals surface area contributed by atoms with E-state index in [1.807, 2.05) is 48.5 Å². The predicted octanol–water partition coefficient (Wildman–Crippen LogP) is 5.11. The summed E-state index contributed by atoms with van der Waals surface area (Å²) in [5, 5.41) is 5.75. The molecule has 3 N–H and O–H groups in total. The van der Waals surface area contributed by atoms with Crippen molar-refractivity contribution in [2.24, 2.45) is 0 Å². The number of para-hydroxylation sites is 1. The lowest BCUT2D eigenvalue weighted by Gasteiger charge is -2.26. The summed E-state index contributed by atoms with van der Waals surface area (Å²) in [7, 11) is -0.271. The minimum absolute atomic E-state index is 0.00392. The van der Waals surface area contributed by atoms with Crippen LogP contribution in [-0.2, 0) is 30.0 Å². The molecule has 0 spiro atoms. The Bertz CT molecular complexity index is 1340. The third-order valence-electron chi connectivity index (χ3n) is 6.47. The summed E-state index contributed by atoms with van der Waals surface area (Å²) in [5.74, 6) is 7.51. The zero-order valence-electron chi connectivity index (χ0n) is 24.5. The van der Waals surface area contributed by atoms with Gasteiger partial charge in [0.1, 0.15) is 0 Å². The zero-order valence-corrected chi connectivity index (χ0v) is 27.0. The molecule has 43 heavy (non-hydrogen) atoms. The van der Waals surface area contributed by atoms with Gasteiger partial charge in [0.15, 0.2) is 0 Å². The Kier molecular flexibility index (Phi) is 15.2. The lowest BCUT2D eigenvalue weighted by Crippen LogP contribution is -2.35. The van der Waals surface area contributed by atoms with E-state index in [9.17, 15) is 18.9 Å². The molecular formula is C31H40N3O6PS2. The van der Waals surface area contributed by atoms with Gasteiger partial charge in [-0.3, -0.25) is 18.9 Å². The van der Waals surface area contributed by atoms with Crippen LogP contribution in [0.2, 0.25) is 0 Å². The van der Waals surface area contributed by atoms with Crippen LogP contribution in [0, 0.1) is 11.8 Å².